The highest BCUT2D eigenvalue weighted by molar-refractivity contribution is 7.92. The molecule has 1 rings (SSSR count). The van der Waals surface area contributed by atoms with Crippen LogP contribution in [0.2, 0.25) is 0 Å². The van der Waals surface area contributed by atoms with Crippen molar-refractivity contribution in [2.24, 2.45) is 4.99 Å². The Labute approximate surface area is 139 Å². The summed E-state index contributed by atoms with van der Waals surface area (Å²) >= 11 is 0. The molecule has 1 fully saturated rings. The minimum atomic E-state index is -3.18. The highest BCUT2D eigenvalue weighted by Crippen LogP contribution is 2.23. The van der Waals surface area contributed by atoms with E-state index in [1.165, 1.54) is 0 Å². The minimum Gasteiger partial charge on any atom is -0.357 e. The molecule has 8 nitrogen and oxygen atoms in total. The van der Waals surface area contributed by atoms with E-state index in [-0.39, 0.29) is 5.75 Å². The van der Waals surface area contributed by atoms with Crippen molar-refractivity contribution >= 4 is 25.8 Å². The molecular weight excluding hydrogens is 340 g/mol. The fourth-order valence-electron chi connectivity index (χ4n) is 2.27. The Bertz CT molecular complexity index is 626. The fourth-order valence-corrected chi connectivity index (χ4v) is 4.15. The molecule has 0 bridgehead atoms. The van der Waals surface area contributed by atoms with Crippen molar-refractivity contribution in [1.82, 2.24) is 14.9 Å². The Kier molecular flexibility index (Phi) is 6.84. The van der Waals surface area contributed by atoms with Crippen LogP contribution in [0.3, 0.4) is 0 Å². The molecule has 0 atom stereocenters. The van der Waals surface area contributed by atoms with Crippen molar-refractivity contribution in [3.8, 4) is 0 Å². The number of nitrogens with zero attached hydrogens (tertiary/aromatic N) is 2. The average molecular weight is 369 g/mol. The number of sulfone groups is 1. The van der Waals surface area contributed by atoms with Crippen LogP contribution >= 0.6 is 0 Å². The zero-order valence-electron chi connectivity index (χ0n) is 14.3. The van der Waals surface area contributed by atoms with E-state index in [9.17, 15) is 16.8 Å². The Hall–Kier alpha value is -0.870. The van der Waals surface area contributed by atoms with Gasteiger partial charge in [0.1, 0.15) is 0 Å². The van der Waals surface area contributed by atoms with Crippen LogP contribution in [0, 0.1) is 0 Å². The molecule has 0 saturated carbocycles. The molecule has 1 aliphatic heterocycles. The van der Waals surface area contributed by atoms with Crippen LogP contribution in [-0.4, -0.2) is 77.2 Å². The molecule has 23 heavy (non-hydrogen) atoms. The van der Waals surface area contributed by atoms with Crippen LogP contribution in [0.4, 0.5) is 0 Å². The summed E-state index contributed by atoms with van der Waals surface area (Å²) in [5, 5.41) is 3.17. The van der Waals surface area contributed by atoms with Crippen LogP contribution in [0.5, 0.6) is 0 Å². The molecule has 136 valence electrons. The molecule has 0 unspecified atom stereocenters. The molecule has 2 N–H and O–H groups in total. The van der Waals surface area contributed by atoms with Crippen LogP contribution in [0.25, 0.3) is 0 Å². The summed E-state index contributed by atoms with van der Waals surface area (Å²) in [4.78, 5) is 6.42. The molecular formula is C13H28N4O4S2. The average Bonchev–Trinajstić information content (AvgIpc) is 2.39. The SMILES string of the molecule is CCNC(=NCCCNS(C)(=O)=O)N1CCS(=O)(=O)C(C)(C)C1. The van der Waals surface area contributed by atoms with Gasteiger partial charge in [-0.1, -0.05) is 0 Å². The first kappa shape index (κ1) is 20.2. The molecule has 0 spiro atoms. The molecule has 0 aromatic carbocycles. The van der Waals surface area contributed by atoms with Crippen molar-refractivity contribution in [3.63, 3.8) is 0 Å². The number of aliphatic imine (C=N–C) groups is 1. The minimum absolute atomic E-state index is 0.111. The van der Waals surface area contributed by atoms with Gasteiger partial charge < -0.3 is 10.2 Å². The number of hydrogen-bond donors (Lipinski definition) is 2. The molecule has 1 saturated heterocycles. The van der Waals surface area contributed by atoms with Gasteiger partial charge in [-0.25, -0.2) is 21.6 Å². The normalized spacial score (nSPS) is 21.2. The predicted molar refractivity (Wildman–Crippen MR) is 92.9 cm³/mol. The van der Waals surface area contributed by atoms with E-state index in [0.29, 0.717) is 45.1 Å². The van der Waals surface area contributed by atoms with Gasteiger partial charge in [-0.3, -0.25) is 4.99 Å². The van der Waals surface area contributed by atoms with Gasteiger partial charge >= 0.3 is 0 Å². The zero-order chi connectivity index (χ0) is 17.7. The first-order chi connectivity index (χ1) is 10.5. The van der Waals surface area contributed by atoms with Gasteiger partial charge in [-0.05, 0) is 27.2 Å². The van der Waals surface area contributed by atoms with E-state index in [4.69, 9.17) is 0 Å². The van der Waals surface area contributed by atoms with Crippen molar-refractivity contribution in [2.75, 3.05) is 44.7 Å². The van der Waals surface area contributed by atoms with Gasteiger partial charge in [0.05, 0.1) is 16.8 Å². The maximum absolute atomic E-state index is 12.1. The first-order valence-corrected chi connectivity index (χ1v) is 11.2. The number of rotatable bonds is 6. The lowest BCUT2D eigenvalue weighted by atomic mass is 10.2. The second-order valence-corrected chi connectivity index (χ2v) is 10.8. The van der Waals surface area contributed by atoms with Gasteiger partial charge in [0.2, 0.25) is 10.0 Å². The molecule has 1 aliphatic rings. The van der Waals surface area contributed by atoms with Gasteiger partial charge in [0.25, 0.3) is 0 Å². The van der Waals surface area contributed by atoms with Crippen LogP contribution in [0.15, 0.2) is 4.99 Å². The van der Waals surface area contributed by atoms with E-state index in [1.807, 2.05) is 11.8 Å². The quantitative estimate of drug-likeness (QED) is 0.368. The topological polar surface area (TPSA) is 108 Å². The Morgan fingerprint density at radius 3 is 2.52 bits per heavy atom. The third kappa shape index (κ3) is 6.27. The third-order valence-electron chi connectivity index (χ3n) is 3.64. The summed E-state index contributed by atoms with van der Waals surface area (Å²) in [5.41, 5.74) is 0. The van der Waals surface area contributed by atoms with Gasteiger partial charge in [-0.15, -0.1) is 0 Å². The number of hydrogen-bond acceptors (Lipinski definition) is 5. The lowest BCUT2D eigenvalue weighted by Crippen LogP contribution is -2.57. The van der Waals surface area contributed by atoms with Gasteiger partial charge in [0, 0.05) is 32.7 Å². The van der Waals surface area contributed by atoms with E-state index in [2.05, 4.69) is 15.0 Å². The van der Waals surface area contributed by atoms with E-state index in [0.717, 1.165) is 6.26 Å². The highest BCUT2D eigenvalue weighted by atomic mass is 32.2. The van der Waals surface area contributed by atoms with Gasteiger partial charge in [-0.2, -0.15) is 0 Å². The van der Waals surface area contributed by atoms with E-state index < -0.39 is 24.6 Å². The summed E-state index contributed by atoms with van der Waals surface area (Å²) in [7, 11) is -6.26. The second-order valence-electron chi connectivity index (χ2n) is 6.26. The zero-order valence-corrected chi connectivity index (χ0v) is 15.9. The summed E-state index contributed by atoms with van der Waals surface area (Å²) < 4.78 is 47.7. The van der Waals surface area contributed by atoms with E-state index >= 15 is 0 Å². The van der Waals surface area contributed by atoms with Gasteiger partial charge in [0.15, 0.2) is 15.8 Å². The molecule has 0 aliphatic carbocycles. The maximum atomic E-state index is 12.1. The van der Waals surface area contributed by atoms with Crippen LogP contribution < -0.4 is 10.0 Å². The predicted octanol–water partition coefficient (Wildman–Crippen LogP) is -0.600. The van der Waals surface area contributed by atoms with Crippen molar-refractivity contribution in [3.05, 3.63) is 0 Å². The number of sulfonamides is 1. The monoisotopic (exact) mass is 368 g/mol. The lowest BCUT2D eigenvalue weighted by Gasteiger charge is -2.39. The van der Waals surface area contributed by atoms with Crippen LogP contribution in [0.1, 0.15) is 27.2 Å². The van der Waals surface area contributed by atoms with Crippen LogP contribution in [-0.2, 0) is 19.9 Å². The molecule has 1 heterocycles. The lowest BCUT2D eigenvalue weighted by molar-refractivity contribution is 0.353. The van der Waals surface area contributed by atoms with Crippen molar-refractivity contribution in [1.29, 1.82) is 0 Å². The summed E-state index contributed by atoms with van der Waals surface area (Å²) in [6.45, 7) is 7.71. The Morgan fingerprint density at radius 2 is 2.00 bits per heavy atom. The largest absolute Gasteiger partial charge is 0.357 e. The summed E-state index contributed by atoms with van der Waals surface area (Å²) in [6, 6.07) is 0. The maximum Gasteiger partial charge on any atom is 0.208 e. The number of nitrogens with one attached hydrogen (secondary N) is 2. The Morgan fingerprint density at radius 1 is 1.35 bits per heavy atom. The summed E-state index contributed by atoms with van der Waals surface area (Å²) in [6.07, 6.45) is 1.70. The fraction of sp³-hybridized carbons (Fsp3) is 0.923. The van der Waals surface area contributed by atoms with Crippen molar-refractivity contribution in [2.45, 2.75) is 31.9 Å². The number of guanidine groups is 1. The summed E-state index contributed by atoms with van der Waals surface area (Å²) in [5.74, 6) is 0.787. The third-order valence-corrected chi connectivity index (χ3v) is 6.90. The van der Waals surface area contributed by atoms with Crippen molar-refractivity contribution < 1.29 is 16.8 Å². The molecule has 0 amide bonds. The highest BCUT2D eigenvalue weighted by Gasteiger charge is 2.40. The first-order valence-electron chi connectivity index (χ1n) is 7.69. The standard InChI is InChI=1S/C13H28N4O4S2/c1-5-14-12(15-7-6-8-16-22(4,18)19)17-9-10-23(20,21)13(2,3)11-17/h16H,5-11H2,1-4H3,(H,14,15). The second kappa shape index (κ2) is 7.80. The van der Waals surface area contributed by atoms with E-state index in [1.54, 1.807) is 13.8 Å². The molecule has 0 aromatic rings. The molecule has 10 heteroatoms. The molecule has 0 radical (unpaired) electrons. The molecule has 0 aromatic heterocycles. The Balaban J connectivity index is 2.66. The smallest absolute Gasteiger partial charge is 0.208 e.